The Hall–Kier alpha value is -1.69. The van der Waals surface area contributed by atoms with E-state index in [-0.39, 0.29) is 6.04 Å². The van der Waals surface area contributed by atoms with Gasteiger partial charge in [-0.15, -0.1) is 0 Å². The van der Waals surface area contributed by atoms with Crippen LogP contribution in [-0.4, -0.2) is 31.5 Å². The Labute approximate surface area is 100 Å². The monoisotopic (exact) mass is 234 g/mol. The highest BCUT2D eigenvalue weighted by Gasteiger charge is 2.13. The number of H-pyrrole nitrogens is 1. The van der Waals surface area contributed by atoms with Gasteiger partial charge in [0.25, 0.3) is 0 Å². The molecule has 0 saturated heterocycles. The molecule has 0 aliphatic heterocycles. The van der Waals surface area contributed by atoms with Crippen LogP contribution in [0.1, 0.15) is 30.8 Å². The summed E-state index contributed by atoms with van der Waals surface area (Å²) < 4.78 is 1.83. The summed E-state index contributed by atoms with van der Waals surface area (Å²) in [5.41, 5.74) is 1.25. The Kier molecular flexibility index (Phi) is 3.87. The van der Waals surface area contributed by atoms with Gasteiger partial charge in [-0.25, -0.2) is 4.98 Å². The Morgan fingerprint density at radius 3 is 3.00 bits per heavy atom. The number of nitrogens with one attached hydrogen (secondary N) is 2. The number of hydrogen-bond donors (Lipinski definition) is 2. The number of nitrogens with zero attached hydrogens (tertiary/aromatic N) is 4. The second-order valence-electron chi connectivity index (χ2n) is 4.04. The van der Waals surface area contributed by atoms with Gasteiger partial charge in [-0.2, -0.15) is 10.2 Å². The van der Waals surface area contributed by atoms with Crippen LogP contribution in [-0.2, 0) is 13.5 Å². The first-order valence-electron chi connectivity index (χ1n) is 5.85. The van der Waals surface area contributed by atoms with Crippen molar-refractivity contribution in [1.29, 1.82) is 0 Å². The van der Waals surface area contributed by atoms with E-state index in [1.54, 1.807) is 6.33 Å². The largest absolute Gasteiger partial charge is 0.308 e. The molecule has 0 aliphatic rings. The molecule has 92 valence electrons. The Bertz CT molecular complexity index is 433. The minimum absolute atomic E-state index is 0.225. The van der Waals surface area contributed by atoms with Crippen LogP contribution in [0, 0.1) is 0 Å². The molecule has 0 amide bonds. The third kappa shape index (κ3) is 3.13. The first kappa shape index (κ1) is 11.8. The third-order valence-electron chi connectivity index (χ3n) is 2.69. The summed E-state index contributed by atoms with van der Waals surface area (Å²) in [5, 5.41) is 14.4. The molecule has 2 heterocycles. The fourth-order valence-corrected chi connectivity index (χ4v) is 1.88. The Morgan fingerprint density at radius 1 is 1.53 bits per heavy atom. The van der Waals surface area contributed by atoms with Gasteiger partial charge in [0.2, 0.25) is 0 Å². The highest BCUT2D eigenvalue weighted by atomic mass is 15.2. The van der Waals surface area contributed by atoms with E-state index in [4.69, 9.17) is 0 Å². The second kappa shape index (κ2) is 5.58. The molecule has 2 rings (SSSR count). The summed E-state index contributed by atoms with van der Waals surface area (Å²) in [6.45, 7) is 3.01. The summed E-state index contributed by atoms with van der Waals surface area (Å²) in [4.78, 5) is 4.20. The summed E-state index contributed by atoms with van der Waals surface area (Å²) in [5.74, 6) is 0.899. The van der Waals surface area contributed by atoms with Crippen LogP contribution < -0.4 is 5.32 Å². The minimum atomic E-state index is 0.225. The minimum Gasteiger partial charge on any atom is -0.308 e. The fourth-order valence-electron chi connectivity index (χ4n) is 1.88. The molecule has 6 heteroatoms. The molecule has 0 bridgehead atoms. The van der Waals surface area contributed by atoms with Crippen LogP contribution >= 0.6 is 0 Å². The van der Waals surface area contributed by atoms with Gasteiger partial charge < -0.3 is 5.32 Å². The first-order chi connectivity index (χ1) is 8.29. The molecule has 6 nitrogen and oxygen atoms in total. The van der Waals surface area contributed by atoms with Gasteiger partial charge in [0.05, 0.1) is 12.2 Å². The maximum atomic E-state index is 4.20. The summed E-state index contributed by atoms with van der Waals surface area (Å²) in [6.07, 6.45) is 7.46. The standard InChI is InChI=1S/C11H18N6/c1-3-12-10(11-13-8-14-16-11)5-4-9-6-15-17(2)7-9/h6-8,10,12H,3-5H2,1-2H3,(H,13,14,16). The van der Waals surface area contributed by atoms with E-state index in [2.05, 4.69) is 32.5 Å². The van der Waals surface area contributed by atoms with Crippen molar-refractivity contribution in [2.75, 3.05) is 6.54 Å². The first-order valence-corrected chi connectivity index (χ1v) is 5.85. The average molecular weight is 234 g/mol. The lowest BCUT2D eigenvalue weighted by Crippen LogP contribution is -2.22. The normalized spacial score (nSPS) is 12.8. The van der Waals surface area contributed by atoms with Crippen molar-refractivity contribution in [2.24, 2.45) is 7.05 Å². The van der Waals surface area contributed by atoms with Gasteiger partial charge in [0.1, 0.15) is 12.2 Å². The van der Waals surface area contributed by atoms with Crippen LogP contribution in [0.15, 0.2) is 18.7 Å². The van der Waals surface area contributed by atoms with Crippen molar-refractivity contribution < 1.29 is 0 Å². The quantitative estimate of drug-likeness (QED) is 0.776. The van der Waals surface area contributed by atoms with E-state index < -0.39 is 0 Å². The molecular formula is C11H18N6. The lowest BCUT2D eigenvalue weighted by atomic mass is 10.1. The number of aromatic nitrogens is 5. The lowest BCUT2D eigenvalue weighted by Gasteiger charge is -2.14. The molecule has 0 saturated carbocycles. The van der Waals surface area contributed by atoms with Crippen molar-refractivity contribution in [1.82, 2.24) is 30.3 Å². The van der Waals surface area contributed by atoms with Crippen molar-refractivity contribution in [3.63, 3.8) is 0 Å². The van der Waals surface area contributed by atoms with Crippen LogP contribution in [0.5, 0.6) is 0 Å². The lowest BCUT2D eigenvalue weighted by molar-refractivity contribution is 0.492. The highest BCUT2D eigenvalue weighted by Crippen LogP contribution is 2.14. The zero-order valence-electron chi connectivity index (χ0n) is 10.2. The summed E-state index contributed by atoms with van der Waals surface area (Å²) >= 11 is 0. The second-order valence-corrected chi connectivity index (χ2v) is 4.04. The fraction of sp³-hybridized carbons (Fsp3) is 0.545. The topological polar surface area (TPSA) is 71.4 Å². The predicted octanol–water partition coefficient (Wildman–Crippen LogP) is 0.822. The maximum Gasteiger partial charge on any atom is 0.141 e. The molecule has 0 aromatic carbocycles. The van der Waals surface area contributed by atoms with Gasteiger partial charge in [-0.3, -0.25) is 9.78 Å². The van der Waals surface area contributed by atoms with Crippen LogP contribution in [0.25, 0.3) is 0 Å². The molecule has 0 fully saturated rings. The van der Waals surface area contributed by atoms with E-state index in [1.807, 2.05) is 24.1 Å². The molecule has 0 spiro atoms. The zero-order valence-corrected chi connectivity index (χ0v) is 10.2. The van der Waals surface area contributed by atoms with Crippen molar-refractivity contribution in [2.45, 2.75) is 25.8 Å². The van der Waals surface area contributed by atoms with Crippen molar-refractivity contribution in [3.05, 3.63) is 30.1 Å². The molecule has 2 aromatic heterocycles. The van der Waals surface area contributed by atoms with Crippen molar-refractivity contribution >= 4 is 0 Å². The van der Waals surface area contributed by atoms with Gasteiger partial charge >= 0.3 is 0 Å². The van der Waals surface area contributed by atoms with E-state index >= 15 is 0 Å². The molecule has 2 N–H and O–H groups in total. The third-order valence-corrected chi connectivity index (χ3v) is 2.69. The van der Waals surface area contributed by atoms with Crippen LogP contribution in [0.3, 0.4) is 0 Å². The van der Waals surface area contributed by atoms with E-state index in [0.717, 1.165) is 25.2 Å². The van der Waals surface area contributed by atoms with Gasteiger partial charge in [-0.1, -0.05) is 6.92 Å². The zero-order chi connectivity index (χ0) is 12.1. The summed E-state index contributed by atoms with van der Waals surface area (Å²) in [6, 6.07) is 0.225. The number of aryl methyl sites for hydroxylation is 2. The molecule has 0 radical (unpaired) electrons. The molecule has 1 unspecified atom stereocenters. The van der Waals surface area contributed by atoms with Crippen LogP contribution in [0.2, 0.25) is 0 Å². The number of rotatable bonds is 6. The SMILES string of the molecule is CCNC(CCc1cnn(C)c1)c1ncn[nH]1. The van der Waals surface area contributed by atoms with Crippen LogP contribution in [0.4, 0.5) is 0 Å². The van der Waals surface area contributed by atoms with Gasteiger partial charge in [0, 0.05) is 13.2 Å². The molecule has 0 aliphatic carbocycles. The predicted molar refractivity (Wildman–Crippen MR) is 64.3 cm³/mol. The molecule has 1 atom stereocenters. The number of hydrogen-bond acceptors (Lipinski definition) is 4. The smallest absolute Gasteiger partial charge is 0.141 e. The molecular weight excluding hydrogens is 216 g/mol. The highest BCUT2D eigenvalue weighted by molar-refractivity contribution is 5.05. The van der Waals surface area contributed by atoms with E-state index in [1.165, 1.54) is 5.56 Å². The number of aromatic amines is 1. The van der Waals surface area contributed by atoms with Gasteiger partial charge in [0.15, 0.2) is 0 Å². The Balaban J connectivity index is 1.94. The molecule has 17 heavy (non-hydrogen) atoms. The summed E-state index contributed by atoms with van der Waals surface area (Å²) in [7, 11) is 1.93. The Morgan fingerprint density at radius 2 is 2.41 bits per heavy atom. The molecule has 2 aromatic rings. The van der Waals surface area contributed by atoms with E-state index in [9.17, 15) is 0 Å². The van der Waals surface area contributed by atoms with E-state index in [0.29, 0.717) is 0 Å². The van der Waals surface area contributed by atoms with Crippen molar-refractivity contribution in [3.8, 4) is 0 Å². The average Bonchev–Trinajstić information content (AvgIpc) is 2.95. The maximum absolute atomic E-state index is 4.20. The van der Waals surface area contributed by atoms with Gasteiger partial charge in [-0.05, 0) is 24.9 Å².